The molecule has 0 aliphatic carbocycles. The van der Waals surface area contributed by atoms with Crippen molar-refractivity contribution < 1.29 is 0 Å². The topological polar surface area (TPSA) is 50.8 Å². The van der Waals surface area contributed by atoms with Crippen LogP contribution in [0.2, 0.25) is 0 Å². The van der Waals surface area contributed by atoms with Crippen molar-refractivity contribution in [1.29, 1.82) is 10.5 Å². The molecule has 1 aliphatic heterocycles. The summed E-state index contributed by atoms with van der Waals surface area (Å²) in [4.78, 5) is 2.39. The van der Waals surface area contributed by atoms with Crippen LogP contribution in [0.15, 0.2) is 29.8 Å². The highest BCUT2D eigenvalue weighted by atomic mass is 15.1. The number of anilines is 1. The molecule has 1 fully saturated rings. The molecule has 1 aromatic rings. The van der Waals surface area contributed by atoms with Gasteiger partial charge in [-0.2, -0.15) is 10.5 Å². The monoisotopic (exact) mass is 251 g/mol. The number of piperidine rings is 1. The Morgan fingerprint density at radius 3 is 2.11 bits per heavy atom. The highest BCUT2D eigenvalue weighted by Crippen LogP contribution is 2.24. The second kappa shape index (κ2) is 6.07. The van der Waals surface area contributed by atoms with Gasteiger partial charge in [-0.25, -0.2) is 0 Å². The first-order chi connectivity index (χ1) is 9.26. The van der Waals surface area contributed by atoms with Crippen molar-refractivity contribution in [3.8, 4) is 12.1 Å². The molecule has 1 heterocycles. The summed E-state index contributed by atoms with van der Waals surface area (Å²) < 4.78 is 0. The summed E-state index contributed by atoms with van der Waals surface area (Å²) in [5.41, 5.74) is 3.10. The third-order valence-electron chi connectivity index (χ3n) is 3.62. The largest absolute Gasteiger partial charge is 0.372 e. The van der Waals surface area contributed by atoms with E-state index < -0.39 is 0 Å². The van der Waals surface area contributed by atoms with Gasteiger partial charge < -0.3 is 4.90 Å². The fourth-order valence-corrected chi connectivity index (χ4v) is 2.41. The molecule has 0 spiro atoms. The van der Waals surface area contributed by atoms with E-state index in [1.165, 1.54) is 24.9 Å². The third-order valence-corrected chi connectivity index (χ3v) is 3.62. The lowest BCUT2D eigenvalue weighted by Crippen LogP contribution is -2.29. The van der Waals surface area contributed by atoms with E-state index >= 15 is 0 Å². The first-order valence-corrected chi connectivity index (χ1v) is 6.62. The Morgan fingerprint density at radius 1 is 1.00 bits per heavy atom. The summed E-state index contributed by atoms with van der Waals surface area (Å²) in [5, 5.41) is 17.8. The van der Waals surface area contributed by atoms with E-state index in [4.69, 9.17) is 10.5 Å². The fraction of sp³-hybridized carbons (Fsp3) is 0.375. The lowest BCUT2D eigenvalue weighted by molar-refractivity contribution is 0.578. The highest BCUT2D eigenvalue weighted by molar-refractivity contribution is 5.74. The third kappa shape index (κ3) is 2.95. The molecular weight excluding hydrogens is 234 g/mol. The van der Waals surface area contributed by atoms with Gasteiger partial charge in [-0.1, -0.05) is 12.1 Å². The summed E-state index contributed by atoms with van der Waals surface area (Å²) in [7, 11) is 0. The molecule has 0 radical (unpaired) electrons. The minimum Gasteiger partial charge on any atom is -0.372 e. The Balaban J connectivity index is 2.22. The maximum Gasteiger partial charge on any atom is 0.133 e. The number of benzene rings is 1. The number of allylic oxidation sites excluding steroid dienone is 2. The maximum absolute atomic E-state index is 8.88. The average molecular weight is 251 g/mol. The molecule has 0 N–H and O–H groups in total. The van der Waals surface area contributed by atoms with Gasteiger partial charge in [-0.15, -0.1) is 0 Å². The number of hydrogen-bond donors (Lipinski definition) is 0. The molecule has 0 atom stereocenters. The van der Waals surface area contributed by atoms with E-state index in [0.29, 0.717) is 0 Å². The van der Waals surface area contributed by atoms with E-state index in [0.717, 1.165) is 24.2 Å². The first kappa shape index (κ1) is 13.2. The standard InChI is InChI=1S/C16H17N3/c1-13(15(11-17)12-18)14-5-7-16(8-6-14)19-9-3-2-4-10-19/h5-8H,2-4,9-10H2,1H3. The van der Waals surface area contributed by atoms with E-state index in [1.54, 1.807) is 0 Å². The Bertz CT molecular complexity index is 533. The van der Waals surface area contributed by atoms with Crippen molar-refractivity contribution in [2.45, 2.75) is 26.2 Å². The molecule has 0 saturated carbocycles. The van der Waals surface area contributed by atoms with Crippen molar-refractivity contribution in [3.05, 3.63) is 35.4 Å². The van der Waals surface area contributed by atoms with Crippen LogP contribution >= 0.6 is 0 Å². The zero-order valence-corrected chi connectivity index (χ0v) is 11.2. The van der Waals surface area contributed by atoms with Gasteiger partial charge in [0.1, 0.15) is 17.7 Å². The van der Waals surface area contributed by atoms with Gasteiger partial charge in [0, 0.05) is 18.8 Å². The van der Waals surface area contributed by atoms with Crippen molar-refractivity contribution >= 4 is 11.3 Å². The fourth-order valence-electron chi connectivity index (χ4n) is 2.41. The molecule has 1 saturated heterocycles. The lowest BCUT2D eigenvalue weighted by atomic mass is 10.0. The van der Waals surface area contributed by atoms with Gasteiger partial charge in [0.2, 0.25) is 0 Å². The van der Waals surface area contributed by atoms with E-state index in [1.807, 2.05) is 31.2 Å². The minimum atomic E-state index is 0.186. The van der Waals surface area contributed by atoms with Crippen LogP contribution in [0.3, 0.4) is 0 Å². The SMILES string of the molecule is CC(=C(C#N)C#N)c1ccc(N2CCCCC2)cc1. The smallest absolute Gasteiger partial charge is 0.133 e. The molecule has 3 heteroatoms. The molecule has 0 unspecified atom stereocenters. The molecule has 1 aliphatic rings. The molecule has 0 amide bonds. The van der Waals surface area contributed by atoms with Crippen LogP contribution in [0.5, 0.6) is 0 Å². The van der Waals surface area contributed by atoms with Gasteiger partial charge in [-0.05, 0) is 49.5 Å². The quantitative estimate of drug-likeness (QED) is 0.756. The van der Waals surface area contributed by atoms with Gasteiger partial charge in [0.25, 0.3) is 0 Å². The van der Waals surface area contributed by atoms with Crippen molar-refractivity contribution in [1.82, 2.24) is 0 Å². The number of nitriles is 2. The summed E-state index contributed by atoms with van der Waals surface area (Å²) in [5.74, 6) is 0. The Labute approximate surface area is 114 Å². The summed E-state index contributed by atoms with van der Waals surface area (Å²) in [6.07, 6.45) is 3.84. The van der Waals surface area contributed by atoms with Crippen LogP contribution in [-0.4, -0.2) is 13.1 Å². The Hall–Kier alpha value is -2.26. The van der Waals surface area contributed by atoms with E-state index in [9.17, 15) is 0 Å². The second-order valence-electron chi connectivity index (χ2n) is 4.82. The second-order valence-corrected chi connectivity index (χ2v) is 4.82. The normalized spacial score (nSPS) is 14.4. The molecular formula is C16H17N3. The number of rotatable bonds is 2. The first-order valence-electron chi connectivity index (χ1n) is 6.62. The van der Waals surface area contributed by atoms with Gasteiger partial charge in [0.05, 0.1) is 0 Å². The molecule has 0 bridgehead atoms. The minimum absolute atomic E-state index is 0.186. The molecule has 3 nitrogen and oxygen atoms in total. The number of nitrogens with zero attached hydrogens (tertiary/aromatic N) is 3. The summed E-state index contributed by atoms with van der Waals surface area (Å²) in [6.45, 7) is 4.06. The predicted octanol–water partition coefficient (Wildman–Crippen LogP) is 3.50. The maximum atomic E-state index is 8.88. The molecule has 1 aromatic carbocycles. The van der Waals surface area contributed by atoms with Crippen LogP contribution in [0.1, 0.15) is 31.7 Å². The Morgan fingerprint density at radius 2 is 1.58 bits per heavy atom. The van der Waals surface area contributed by atoms with Gasteiger partial charge >= 0.3 is 0 Å². The zero-order valence-electron chi connectivity index (χ0n) is 11.2. The highest BCUT2D eigenvalue weighted by Gasteiger charge is 2.11. The van der Waals surface area contributed by atoms with Crippen molar-refractivity contribution in [3.63, 3.8) is 0 Å². The van der Waals surface area contributed by atoms with Gasteiger partial charge in [0.15, 0.2) is 0 Å². The average Bonchev–Trinajstić information content (AvgIpc) is 2.49. The van der Waals surface area contributed by atoms with Crippen LogP contribution in [0, 0.1) is 22.7 Å². The van der Waals surface area contributed by atoms with E-state index in [2.05, 4.69) is 17.0 Å². The molecule has 0 aromatic heterocycles. The summed E-state index contributed by atoms with van der Waals surface area (Å²) in [6, 6.07) is 12.0. The van der Waals surface area contributed by atoms with Crippen LogP contribution in [0.4, 0.5) is 5.69 Å². The predicted molar refractivity (Wildman–Crippen MR) is 76.3 cm³/mol. The van der Waals surface area contributed by atoms with E-state index in [-0.39, 0.29) is 5.57 Å². The van der Waals surface area contributed by atoms with Crippen LogP contribution in [-0.2, 0) is 0 Å². The number of hydrogen-bond acceptors (Lipinski definition) is 3. The molecule has 2 rings (SSSR count). The summed E-state index contributed by atoms with van der Waals surface area (Å²) >= 11 is 0. The van der Waals surface area contributed by atoms with Crippen LogP contribution < -0.4 is 4.90 Å². The lowest BCUT2D eigenvalue weighted by Gasteiger charge is -2.28. The Kier molecular flexibility index (Phi) is 4.21. The van der Waals surface area contributed by atoms with Crippen LogP contribution in [0.25, 0.3) is 5.57 Å². The molecule has 96 valence electrons. The van der Waals surface area contributed by atoms with Crippen molar-refractivity contribution in [2.75, 3.05) is 18.0 Å². The molecule has 19 heavy (non-hydrogen) atoms. The van der Waals surface area contributed by atoms with Crippen molar-refractivity contribution in [2.24, 2.45) is 0 Å². The van der Waals surface area contributed by atoms with Gasteiger partial charge in [-0.3, -0.25) is 0 Å². The zero-order chi connectivity index (χ0) is 13.7.